The Morgan fingerprint density at radius 3 is 2.46 bits per heavy atom. The number of Topliss-reactive ketones (excluding diaryl/α,β-unsaturated/α-hetero) is 1. The second-order valence-electron chi connectivity index (χ2n) is 6.24. The number of H-pyrrole nitrogens is 1. The van der Waals surface area contributed by atoms with E-state index in [0.717, 1.165) is 32.9 Å². The number of ketones is 1. The molecule has 0 bridgehead atoms. The van der Waals surface area contributed by atoms with Crippen molar-refractivity contribution >= 4 is 33.5 Å². The van der Waals surface area contributed by atoms with Gasteiger partial charge in [-0.1, -0.05) is 60.7 Å². The molecule has 0 aliphatic rings. The quantitative estimate of drug-likeness (QED) is 0.308. The summed E-state index contributed by atoms with van der Waals surface area (Å²) in [6.07, 6.45) is 1.69. The number of nitriles is 1. The number of allylic oxidation sites excluding steroid dienone is 1. The number of aromatic nitrogens is 1. The Morgan fingerprint density at radius 1 is 0.962 bits per heavy atom. The fraction of sp³-hybridized carbons (Fsp3) is 0.0435. The zero-order valence-electron chi connectivity index (χ0n) is 14.3. The Balaban J connectivity index is 1.87. The fourth-order valence-electron chi connectivity index (χ4n) is 3.38. The SMILES string of the molecule is Cc1[nH]c2ccccc2c1C(=O)C(C#N)=Cc1cccc2ccccc12. The van der Waals surface area contributed by atoms with E-state index in [4.69, 9.17) is 0 Å². The van der Waals surface area contributed by atoms with Crippen LogP contribution in [-0.4, -0.2) is 10.8 Å². The first-order chi connectivity index (χ1) is 12.7. The molecule has 0 aliphatic heterocycles. The largest absolute Gasteiger partial charge is 0.358 e. The Kier molecular flexibility index (Phi) is 3.87. The average molecular weight is 336 g/mol. The molecule has 0 amide bonds. The first kappa shape index (κ1) is 15.9. The first-order valence-electron chi connectivity index (χ1n) is 8.40. The van der Waals surface area contributed by atoms with Crippen LogP contribution in [0.5, 0.6) is 0 Å². The second kappa shape index (κ2) is 6.34. The van der Waals surface area contributed by atoms with Crippen molar-refractivity contribution in [3.05, 3.63) is 89.1 Å². The molecule has 0 atom stereocenters. The predicted octanol–water partition coefficient (Wildman–Crippen LogP) is 5.42. The Hall–Kier alpha value is -3.64. The Bertz CT molecular complexity index is 1220. The first-order valence-corrected chi connectivity index (χ1v) is 8.40. The molecule has 0 spiro atoms. The fourth-order valence-corrected chi connectivity index (χ4v) is 3.38. The van der Waals surface area contributed by atoms with E-state index in [1.54, 1.807) is 6.08 Å². The molecule has 0 unspecified atom stereocenters. The number of rotatable bonds is 3. The lowest BCUT2D eigenvalue weighted by atomic mass is 9.97. The molecule has 1 heterocycles. The van der Waals surface area contributed by atoms with Gasteiger partial charge in [0.2, 0.25) is 5.78 Å². The van der Waals surface area contributed by atoms with E-state index < -0.39 is 0 Å². The van der Waals surface area contributed by atoms with Crippen molar-refractivity contribution in [1.82, 2.24) is 4.98 Å². The zero-order valence-corrected chi connectivity index (χ0v) is 14.3. The van der Waals surface area contributed by atoms with Crippen molar-refractivity contribution in [1.29, 1.82) is 5.26 Å². The molecule has 26 heavy (non-hydrogen) atoms. The van der Waals surface area contributed by atoms with Crippen LogP contribution in [0.2, 0.25) is 0 Å². The van der Waals surface area contributed by atoms with Crippen molar-refractivity contribution < 1.29 is 4.79 Å². The van der Waals surface area contributed by atoms with Gasteiger partial charge < -0.3 is 4.98 Å². The van der Waals surface area contributed by atoms with Gasteiger partial charge in [-0.2, -0.15) is 5.26 Å². The molecule has 4 aromatic rings. The van der Waals surface area contributed by atoms with Gasteiger partial charge >= 0.3 is 0 Å². The number of fused-ring (bicyclic) bond motifs is 2. The number of hydrogen-bond acceptors (Lipinski definition) is 2. The van der Waals surface area contributed by atoms with Gasteiger partial charge in [0.25, 0.3) is 0 Å². The Labute approximate surface area is 151 Å². The third kappa shape index (κ3) is 2.58. The van der Waals surface area contributed by atoms with Crippen LogP contribution in [-0.2, 0) is 0 Å². The molecule has 3 nitrogen and oxygen atoms in total. The van der Waals surface area contributed by atoms with Crippen molar-refractivity contribution in [2.75, 3.05) is 0 Å². The maximum Gasteiger partial charge on any atom is 0.205 e. The Morgan fingerprint density at radius 2 is 1.65 bits per heavy atom. The molecular formula is C23H16N2O. The smallest absolute Gasteiger partial charge is 0.205 e. The predicted molar refractivity (Wildman–Crippen MR) is 105 cm³/mol. The number of nitrogens with one attached hydrogen (secondary N) is 1. The van der Waals surface area contributed by atoms with E-state index in [9.17, 15) is 10.1 Å². The standard InChI is InChI=1S/C23H16N2O/c1-15-22(20-11-4-5-12-21(20)25-15)23(26)18(14-24)13-17-9-6-8-16-7-2-3-10-19(16)17/h2-13,25H,1H3. The van der Waals surface area contributed by atoms with E-state index >= 15 is 0 Å². The zero-order chi connectivity index (χ0) is 18.1. The summed E-state index contributed by atoms with van der Waals surface area (Å²) in [6.45, 7) is 1.86. The number of hydrogen-bond donors (Lipinski definition) is 1. The summed E-state index contributed by atoms with van der Waals surface area (Å²) in [6, 6.07) is 23.6. The number of benzene rings is 3. The van der Waals surface area contributed by atoms with E-state index in [1.165, 1.54) is 0 Å². The maximum atomic E-state index is 13.1. The van der Waals surface area contributed by atoms with E-state index in [1.807, 2.05) is 73.7 Å². The molecule has 0 fully saturated rings. The minimum Gasteiger partial charge on any atom is -0.358 e. The topological polar surface area (TPSA) is 56.6 Å². The van der Waals surface area contributed by atoms with Crippen LogP contribution < -0.4 is 0 Å². The van der Waals surface area contributed by atoms with Crippen molar-refractivity contribution in [3.63, 3.8) is 0 Å². The molecule has 124 valence electrons. The van der Waals surface area contributed by atoms with Gasteiger partial charge in [-0.25, -0.2) is 0 Å². The minimum atomic E-state index is -0.254. The van der Waals surface area contributed by atoms with Gasteiger partial charge in [0, 0.05) is 16.6 Å². The molecule has 0 saturated carbocycles. The van der Waals surface area contributed by atoms with Crippen LogP contribution in [0.1, 0.15) is 21.6 Å². The van der Waals surface area contributed by atoms with Gasteiger partial charge in [-0.05, 0) is 35.4 Å². The highest BCUT2D eigenvalue weighted by Crippen LogP contribution is 2.26. The van der Waals surface area contributed by atoms with E-state index in [-0.39, 0.29) is 11.4 Å². The van der Waals surface area contributed by atoms with Crippen LogP contribution in [0.15, 0.2) is 72.3 Å². The molecule has 0 saturated heterocycles. The molecule has 1 aromatic heterocycles. The third-order valence-corrected chi connectivity index (χ3v) is 4.61. The van der Waals surface area contributed by atoms with Crippen molar-refractivity contribution in [2.45, 2.75) is 6.92 Å². The lowest BCUT2D eigenvalue weighted by Crippen LogP contribution is -2.03. The normalized spacial score (nSPS) is 11.6. The summed E-state index contributed by atoms with van der Waals surface area (Å²) in [5.41, 5.74) is 3.24. The lowest BCUT2D eigenvalue weighted by Gasteiger charge is -2.04. The summed E-state index contributed by atoms with van der Waals surface area (Å²) >= 11 is 0. The highest BCUT2D eigenvalue weighted by atomic mass is 16.1. The summed E-state index contributed by atoms with van der Waals surface area (Å²) in [4.78, 5) is 16.3. The molecule has 3 aromatic carbocycles. The minimum absolute atomic E-state index is 0.134. The molecular weight excluding hydrogens is 320 g/mol. The van der Waals surface area contributed by atoms with E-state index in [2.05, 4.69) is 11.1 Å². The van der Waals surface area contributed by atoms with Gasteiger partial charge in [-0.15, -0.1) is 0 Å². The monoisotopic (exact) mass is 336 g/mol. The van der Waals surface area contributed by atoms with Crippen LogP contribution in [0, 0.1) is 18.3 Å². The van der Waals surface area contributed by atoms with Crippen LogP contribution in [0.25, 0.3) is 27.8 Å². The third-order valence-electron chi connectivity index (χ3n) is 4.61. The summed E-state index contributed by atoms with van der Waals surface area (Å²) in [7, 11) is 0. The molecule has 4 rings (SSSR count). The van der Waals surface area contributed by atoms with Crippen LogP contribution in [0.4, 0.5) is 0 Å². The maximum absolute atomic E-state index is 13.1. The van der Waals surface area contributed by atoms with Gasteiger partial charge in [0.05, 0.1) is 5.56 Å². The summed E-state index contributed by atoms with van der Waals surface area (Å²) in [5, 5.41) is 12.6. The highest BCUT2D eigenvalue weighted by Gasteiger charge is 2.19. The van der Waals surface area contributed by atoms with E-state index in [0.29, 0.717) is 5.56 Å². The van der Waals surface area contributed by atoms with Crippen molar-refractivity contribution in [3.8, 4) is 6.07 Å². The van der Waals surface area contributed by atoms with Crippen LogP contribution in [0.3, 0.4) is 0 Å². The molecule has 1 N–H and O–H groups in total. The second-order valence-corrected chi connectivity index (χ2v) is 6.24. The van der Waals surface area contributed by atoms with Gasteiger partial charge in [0.15, 0.2) is 0 Å². The molecule has 3 heteroatoms. The van der Waals surface area contributed by atoms with Crippen LogP contribution >= 0.6 is 0 Å². The number of para-hydroxylation sites is 1. The molecule has 0 radical (unpaired) electrons. The lowest BCUT2D eigenvalue weighted by molar-refractivity contribution is 0.104. The number of carbonyl (C=O) groups excluding carboxylic acids is 1. The molecule has 0 aliphatic carbocycles. The number of aryl methyl sites for hydroxylation is 1. The summed E-state index contributed by atoms with van der Waals surface area (Å²) < 4.78 is 0. The summed E-state index contributed by atoms with van der Waals surface area (Å²) in [5.74, 6) is -0.254. The number of aromatic amines is 1. The number of carbonyl (C=O) groups is 1. The van der Waals surface area contributed by atoms with Gasteiger partial charge in [0.1, 0.15) is 11.6 Å². The average Bonchev–Trinajstić information content (AvgIpc) is 3.01. The van der Waals surface area contributed by atoms with Crippen molar-refractivity contribution in [2.24, 2.45) is 0 Å². The highest BCUT2D eigenvalue weighted by molar-refractivity contribution is 6.21. The number of nitrogens with zero attached hydrogens (tertiary/aromatic N) is 1. The van der Waals surface area contributed by atoms with Gasteiger partial charge in [-0.3, -0.25) is 4.79 Å².